The van der Waals surface area contributed by atoms with Gasteiger partial charge in [-0.05, 0) is 18.7 Å². The van der Waals surface area contributed by atoms with Crippen LogP contribution in [0.2, 0.25) is 0 Å². The van der Waals surface area contributed by atoms with Crippen LogP contribution < -0.4 is 15.4 Å². The van der Waals surface area contributed by atoms with Crippen molar-refractivity contribution in [3.8, 4) is 0 Å². The van der Waals surface area contributed by atoms with Gasteiger partial charge in [0.1, 0.15) is 17.6 Å². The van der Waals surface area contributed by atoms with E-state index in [1.165, 1.54) is 22.2 Å². The number of amides is 1. The first-order valence-corrected chi connectivity index (χ1v) is 10.5. The third-order valence-corrected chi connectivity index (χ3v) is 6.38. The predicted molar refractivity (Wildman–Crippen MR) is 116 cm³/mol. The molecular formula is C20H24N6O2S. The lowest BCUT2D eigenvalue weighted by Crippen LogP contribution is -2.46. The summed E-state index contributed by atoms with van der Waals surface area (Å²) in [5, 5.41) is 0.825. The standard InChI is InChI=1S/C20H24N6O2S/c1-3-24-9-11-25(12-10-24)20-22-18-17(29-20)19(28)26(14-21-18)13-16(27)23(2)15-7-5-4-6-8-15/h4-8,14H,3,9-13H2,1-2H3. The molecule has 0 N–H and O–H groups in total. The number of thiazole rings is 1. The van der Waals surface area contributed by atoms with Crippen molar-refractivity contribution in [3.63, 3.8) is 0 Å². The molecule has 8 nitrogen and oxygen atoms in total. The zero-order valence-corrected chi connectivity index (χ0v) is 17.4. The monoisotopic (exact) mass is 412 g/mol. The van der Waals surface area contributed by atoms with Crippen LogP contribution in [0.5, 0.6) is 0 Å². The summed E-state index contributed by atoms with van der Waals surface area (Å²) in [5.74, 6) is -0.181. The van der Waals surface area contributed by atoms with Gasteiger partial charge in [0.2, 0.25) is 5.91 Å². The molecule has 1 aromatic carbocycles. The Kier molecular flexibility index (Phi) is 5.59. The molecule has 4 rings (SSSR count). The second-order valence-corrected chi connectivity index (χ2v) is 8.01. The molecule has 1 aliphatic rings. The number of anilines is 2. The van der Waals surface area contributed by atoms with Crippen LogP contribution in [0.15, 0.2) is 41.5 Å². The predicted octanol–water partition coefficient (Wildman–Crippen LogP) is 1.66. The minimum atomic E-state index is -0.222. The molecular weight excluding hydrogens is 388 g/mol. The number of aromatic nitrogens is 3. The van der Waals surface area contributed by atoms with E-state index in [-0.39, 0.29) is 18.0 Å². The second-order valence-electron chi connectivity index (χ2n) is 7.04. The number of fused-ring (bicyclic) bond motifs is 1. The van der Waals surface area contributed by atoms with Gasteiger partial charge < -0.3 is 14.7 Å². The molecule has 0 aliphatic carbocycles. The van der Waals surface area contributed by atoms with Gasteiger partial charge in [-0.2, -0.15) is 4.98 Å². The van der Waals surface area contributed by atoms with Crippen LogP contribution in [0.25, 0.3) is 10.3 Å². The van der Waals surface area contributed by atoms with E-state index in [1.54, 1.807) is 11.9 Å². The van der Waals surface area contributed by atoms with Crippen molar-refractivity contribution in [2.24, 2.45) is 0 Å². The first kappa shape index (κ1) is 19.5. The average Bonchev–Trinajstić information content (AvgIpc) is 3.21. The minimum Gasteiger partial charge on any atom is -0.345 e. The molecule has 1 fully saturated rings. The first-order chi connectivity index (χ1) is 14.1. The third-order valence-electron chi connectivity index (χ3n) is 5.29. The van der Waals surface area contributed by atoms with Crippen LogP contribution in [-0.2, 0) is 11.3 Å². The third kappa shape index (κ3) is 4.01. The molecule has 0 atom stereocenters. The highest BCUT2D eigenvalue weighted by molar-refractivity contribution is 7.22. The largest absolute Gasteiger partial charge is 0.345 e. The summed E-state index contributed by atoms with van der Waals surface area (Å²) in [6.07, 6.45) is 1.42. The number of nitrogens with zero attached hydrogens (tertiary/aromatic N) is 6. The summed E-state index contributed by atoms with van der Waals surface area (Å²) in [7, 11) is 1.70. The van der Waals surface area contributed by atoms with Crippen LogP contribution in [0.3, 0.4) is 0 Å². The number of benzene rings is 1. The van der Waals surface area contributed by atoms with E-state index < -0.39 is 0 Å². The van der Waals surface area contributed by atoms with Gasteiger partial charge in [0.25, 0.3) is 5.56 Å². The molecule has 152 valence electrons. The van der Waals surface area contributed by atoms with Crippen molar-refractivity contribution < 1.29 is 4.79 Å². The maximum absolute atomic E-state index is 12.9. The number of hydrogen-bond acceptors (Lipinski definition) is 7. The molecule has 29 heavy (non-hydrogen) atoms. The van der Waals surface area contributed by atoms with Crippen molar-refractivity contribution in [1.29, 1.82) is 0 Å². The first-order valence-electron chi connectivity index (χ1n) is 9.71. The smallest absolute Gasteiger partial charge is 0.273 e. The number of carbonyl (C=O) groups excluding carboxylic acids is 1. The van der Waals surface area contributed by atoms with E-state index in [0.717, 1.165) is 43.5 Å². The molecule has 0 radical (unpaired) electrons. The van der Waals surface area contributed by atoms with E-state index in [1.807, 2.05) is 30.3 Å². The molecule has 0 unspecified atom stereocenters. The van der Waals surface area contributed by atoms with Gasteiger partial charge in [0.15, 0.2) is 10.8 Å². The molecule has 0 spiro atoms. The summed E-state index contributed by atoms with van der Waals surface area (Å²) in [6, 6.07) is 9.36. The van der Waals surface area contributed by atoms with E-state index in [2.05, 4.69) is 26.7 Å². The SMILES string of the molecule is CCN1CCN(c2nc3ncn(CC(=O)N(C)c4ccccc4)c(=O)c3s2)CC1. The Morgan fingerprint density at radius 1 is 1.17 bits per heavy atom. The summed E-state index contributed by atoms with van der Waals surface area (Å²) in [6.45, 7) is 6.91. The zero-order valence-electron chi connectivity index (χ0n) is 16.6. The fourth-order valence-electron chi connectivity index (χ4n) is 3.39. The summed E-state index contributed by atoms with van der Waals surface area (Å²) < 4.78 is 1.86. The summed E-state index contributed by atoms with van der Waals surface area (Å²) in [4.78, 5) is 40.6. The van der Waals surface area contributed by atoms with E-state index in [4.69, 9.17) is 0 Å². The Hall–Kier alpha value is -2.78. The van der Waals surface area contributed by atoms with Gasteiger partial charge in [-0.3, -0.25) is 14.2 Å². The average molecular weight is 413 g/mol. The Morgan fingerprint density at radius 3 is 2.59 bits per heavy atom. The molecule has 3 aromatic rings. The Balaban J connectivity index is 1.53. The fraction of sp³-hybridized carbons (Fsp3) is 0.400. The van der Waals surface area contributed by atoms with Crippen molar-refractivity contribution in [1.82, 2.24) is 19.4 Å². The van der Waals surface area contributed by atoms with Crippen molar-refractivity contribution in [2.75, 3.05) is 49.6 Å². The van der Waals surface area contributed by atoms with E-state index >= 15 is 0 Å². The molecule has 1 saturated heterocycles. The van der Waals surface area contributed by atoms with E-state index in [0.29, 0.717) is 10.3 Å². The van der Waals surface area contributed by atoms with Gasteiger partial charge in [0.05, 0.1) is 0 Å². The van der Waals surface area contributed by atoms with Crippen LogP contribution in [0, 0.1) is 0 Å². The number of rotatable bonds is 5. The van der Waals surface area contributed by atoms with Gasteiger partial charge in [-0.25, -0.2) is 4.98 Å². The normalized spacial score (nSPS) is 15.0. The molecule has 9 heteroatoms. The molecule has 1 aliphatic heterocycles. The minimum absolute atomic E-state index is 0.0599. The molecule has 3 heterocycles. The maximum atomic E-state index is 12.9. The number of hydrogen-bond donors (Lipinski definition) is 0. The van der Waals surface area contributed by atoms with Crippen LogP contribution in [0.4, 0.5) is 10.8 Å². The molecule has 2 aromatic heterocycles. The topological polar surface area (TPSA) is 74.6 Å². The lowest BCUT2D eigenvalue weighted by atomic mass is 10.3. The summed E-state index contributed by atoms with van der Waals surface area (Å²) >= 11 is 1.36. The highest BCUT2D eigenvalue weighted by Crippen LogP contribution is 2.26. The molecule has 1 amide bonds. The highest BCUT2D eigenvalue weighted by Gasteiger charge is 2.21. The maximum Gasteiger partial charge on any atom is 0.273 e. The van der Waals surface area contributed by atoms with Gasteiger partial charge in [-0.15, -0.1) is 0 Å². The quantitative estimate of drug-likeness (QED) is 0.635. The number of para-hydroxylation sites is 1. The Labute approximate surface area is 173 Å². The molecule has 0 bridgehead atoms. The highest BCUT2D eigenvalue weighted by atomic mass is 32.1. The van der Waals surface area contributed by atoms with Gasteiger partial charge in [-0.1, -0.05) is 36.5 Å². The number of piperazine rings is 1. The lowest BCUT2D eigenvalue weighted by molar-refractivity contribution is -0.118. The van der Waals surface area contributed by atoms with Crippen LogP contribution in [-0.4, -0.2) is 65.1 Å². The van der Waals surface area contributed by atoms with Crippen molar-refractivity contribution in [3.05, 3.63) is 47.0 Å². The fourth-order valence-corrected chi connectivity index (χ4v) is 4.41. The number of likely N-dealkylation sites (N-methyl/N-ethyl adjacent to an activating group) is 2. The second kappa shape index (κ2) is 8.30. The Morgan fingerprint density at radius 2 is 1.90 bits per heavy atom. The van der Waals surface area contributed by atoms with Crippen LogP contribution in [0.1, 0.15) is 6.92 Å². The van der Waals surface area contributed by atoms with E-state index in [9.17, 15) is 9.59 Å². The van der Waals surface area contributed by atoms with Gasteiger partial charge >= 0.3 is 0 Å². The lowest BCUT2D eigenvalue weighted by Gasteiger charge is -2.33. The van der Waals surface area contributed by atoms with Gasteiger partial charge in [0, 0.05) is 38.9 Å². The zero-order chi connectivity index (χ0) is 20.4. The van der Waals surface area contributed by atoms with Crippen molar-refractivity contribution >= 4 is 38.4 Å². The van der Waals surface area contributed by atoms with Crippen molar-refractivity contribution in [2.45, 2.75) is 13.5 Å². The Bertz CT molecular complexity index is 1060. The van der Waals surface area contributed by atoms with Crippen LogP contribution >= 0.6 is 11.3 Å². The molecule has 0 saturated carbocycles. The number of carbonyl (C=O) groups is 1. The summed E-state index contributed by atoms with van der Waals surface area (Å²) in [5.41, 5.74) is 1.01.